The van der Waals surface area contributed by atoms with E-state index in [0.717, 1.165) is 11.3 Å². The van der Waals surface area contributed by atoms with Gasteiger partial charge >= 0.3 is 0 Å². The van der Waals surface area contributed by atoms with E-state index in [9.17, 15) is 19.3 Å². The molecular formula is C17H15ClFN3O3. The Balaban J connectivity index is 1.76. The minimum atomic E-state index is -0.566. The number of benzene rings is 2. The van der Waals surface area contributed by atoms with Gasteiger partial charge in [0.25, 0.3) is 5.69 Å². The van der Waals surface area contributed by atoms with Gasteiger partial charge in [-0.2, -0.15) is 0 Å². The molecular weight excluding hydrogens is 349 g/mol. The summed E-state index contributed by atoms with van der Waals surface area (Å²) in [5.41, 5.74) is 1.65. The highest BCUT2D eigenvalue weighted by Crippen LogP contribution is 2.34. The molecule has 1 amide bonds. The predicted molar refractivity (Wildman–Crippen MR) is 93.6 cm³/mol. The maximum atomic E-state index is 13.7. The van der Waals surface area contributed by atoms with E-state index in [1.807, 2.05) is 11.8 Å². The highest BCUT2D eigenvalue weighted by molar-refractivity contribution is 6.30. The summed E-state index contributed by atoms with van der Waals surface area (Å²) < 4.78 is 13.7. The molecule has 1 aliphatic rings. The Morgan fingerprint density at radius 3 is 2.88 bits per heavy atom. The lowest BCUT2D eigenvalue weighted by molar-refractivity contribution is -0.384. The molecule has 25 heavy (non-hydrogen) atoms. The molecule has 2 aromatic carbocycles. The van der Waals surface area contributed by atoms with Crippen LogP contribution in [0.3, 0.4) is 0 Å². The first-order chi connectivity index (χ1) is 11.8. The van der Waals surface area contributed by atoms with Crippen LogP contribution in [0.1, 0.15) is 12.5 Å². The third kappa shape index (κ3) is 3.56. The number of fused-ring (bicyclic) bond motifs is 1. The van der Waals surface area contributed by atoms with Gasteiger partial charge in [-0.25, -0.2) is 4.39 Å². The number of nitrogens with zero attached hydrogens (tertiary/aromatic N) is 2. The minimum Gasteiger partial charge on any atom is -0.359 e. The molecule has 0 aromatic heterocycles. The molecule has 0 spiro atoms. The van der Waals surface area contributed by atoms with Crippen LogP contribution in [-0.4, -0.2) is 23.4 Å². The van der Waals surface area contributed by atoms with Crippen molar-refractivity contribution in [1.82, 2.24) is 0 Å². The summed E-state index contributed by atoms with van der Waals surface area (Å²) in [5.74, 6) is -0.956. The smallest absolute Gasteiger partial charge is 0.269 e. The topological polar surface area (TPSA) is 75.5 Å². The van der Waals surface area contributed by atoms with E-state index in [1.54, 1.807) is 6.07 Å². The van der Waals surface area contributed by atoms with Crippen LogP contribution in [0.15, 0.2) is 36.4 Å². The Hall–Kier alpha value is -2.67. The van der Waals surface area contributed by atoms with E-state index in [-0.39, 0.29) is 29.9 Å². The largest absolute Gasteiger partial charge is 0.359 e. The van der Waals surface area contributed by atoms with Crippen LogP contribution < -0.4 is 10.2 Å². The van der Waals surface area contributed by atoms with Crippen molar-refractivity contribution < 1.29 is 14.1 Å². The average molecular weight is 364 g/mol. The number of hydrogen-bond acceptors (Lipinski definition) is 4. The summed E-state index contributed by atoms with van der Waals surface area (Å²) in [4.78, 5) is 24.6. The Bertz CT molecular complexity index is 859. The number of non-ortho nitro benzene ring substituents is 1. The molecule has 0 saturated heterocycles. The zero-order valence-corrected chi connectivity index (χ0v) is 14.1. The van der Waals surface area contributed by atoms with E-state index in [4.69, 9.17) is 11.6 Å². The monoisotopic (exact) mass is 363 g/mol. The van der Waals surface area contributed by atoms with E-state index in [0.29, 0.717) is 11.4 Å². The number of carbonyl (C=O) groups excluding carboxylic acids is 1. The van der Waals surface area contributed by atoms with Gasteiger partial charge in [0.05, 0.1) is 17.2 Å². The van der Waals surface area contributed by atoms with Gasteiger partial charge in [0.2, 0.25) is 5.91 Å². The van der Waals surface area contributed by atoms with Crippen LogP contribution in [0.4, 0.5) is 21.5 Å². The molecule has 0 aliphatic carbocycles. The number of anilines is 2. The number of hydrogen-bond donors (Lipinski definition) is 1. The molecule has 1 unspecified atom stereocenters. The number of rotatable bonds is 4. The zero-order valence-electron chi connectivity index (χ0n) is 13.3. The Morgan fingerprint density at radius 2 is 2.16 bits per heavy atom. The molecule has 8 heteroatoms. The molecule has 2 aromatic rings. The third-order valence-electron chi connectivity index (χ3n) is 4.15. The fourth-order valence-corrected chi connectivity index (χ4v) is 3.15. The molecule has 1 N–H and O–H groups in total. The Morgan fingerprint density at radius 1 is 1.40 bits per heavy atom. The van der Waals surface area contributed by atoms with E-state index in [1.165, 1.54) is 30.3 Å². The Kier molecular flexibility index (Phi) is 4.59. The van der Waals surface area contributed by atoms with Crippen molar-refractivity contribution in [3.63, 3.8) is 0 Å². The SMILES string of the molecule is CC1Cc2cc([N+](=O)[O-])ccc2N1CC(=O)Nc1cc(Cl)ccc1F. The van der Waals surface area contributed by atoms with Crippen LogP contribution in [0.2, 0.25) is 5.02 Å². The number of nitrogens with one attached hydrogen (secondary N) is 1. The second-order valence-corrected chi connectivity index (χ2v) is 6.36. The van der Waals surface area contributed by atoms with Gasteiger partial charge < -0.3 is 10.2 Å². The van der Waals surface area contributed by atoms with Crippen molar-refractivity contribution in [2.75, 3.05) is 16.8 Å². The van der Waals surface area contributed by atoms with Crippen LogP contribution in [-0.2, 0) is 11.2 Å². The highest BCUT2D eigenvalue weighted by Gasteiger charge is 2.29. The highest BCUT2D eigenvalue weighted by atomic mass is 35.5. The zero-order chi connectivity index (χ0) is 18.1. The summed E-state index contributed by atoms with van der Waals surface area (Å²) in [6, 6.07) is 8.53. The van der Waals surface area contributed by atoms with Crippen LogP contribution in [0.5, 0.6) is 0 Å². The van der Waals surface area contributed by atoms with Crippen LogP contribution in [0, 0.1) is 15.9 Å². The molecule has 0 bridgehead atoms. The van der Waals surface area contributed by atoms with E-state index < -0.39 is 10.7 Å². The van der Waals surface area contributed by atoms with Gasteiger partial charge in [0.1, 0.15) is 5.82 Å². The number of nitro benzene ring substituents is 1. The number of carbonyl (C=O) groups is 1. The lowest BCUT2D eigenvalue weighted by Crippen LogP contribution is -2.37. The van der Waals surface area contributed by atoms with Gasteiger partial charge in [0.15, 0.2) is 0 Å². The quantitative estimate of drug-likeness (QED) is 0.662. The second-order valence-electron chi connectivity index (χ2n) is 5.92. The van der Waals surface area contributed by atoms with Crippen molar-refractivity contribution in [1.29, 1.82) is 0 Å². The summed E-state index contributed by atoms with van der Waals surface area (Å²) in [5, 5.41) is 13.7. The van der Waals surface area contributed by atoms with Gasteiger partial charge in [-0.1, -0.05) is 11.6 Å². The maximum absolute atomic E-state index is 13.7. The molecule has 0 radical (unpaired) electrons. The molecule has 1 aliphatic heterocycles. The van der Waals surface area contributed by atoms with Gasteiger partial charge in [0, 0.05) is 28.9 Å². The lowest BCUT2D eigenvalue weighted by atomic mass is 10.1. The van der Waals surface area contributed by atoms with E-state index in [2.05, 4.69) is 5.32 Å². The Labute approximate surface area is 148 Å². The molecule has 130 valence electrons. The third-order valence-corrected chi connectivity index (χ3v) is 4.38. The summed E-state index contributed by atoms with van der Waals surface area (Å²) >= 11 is 5.82. The fourth-order valence-electron chi connectivity index (χ4n) is 2.97. The standard InChI is InChI=1S/C17H15ClFN3O3/c1-10-6-11-7-13(22(24)25)3-5-16(11)21(10)9-17(23)20-15-8-12(18)2-4-14(15)19/h2-5,7-8,10H,6,9H2,1H3,(H,20,23). The first-order valence-corrected chi connectivity index (χ1v) is 8.02. The van der Waals surface area contributed by atoms with Gasteiger partial charge in [-0.3, -0.25) is 14.9 Å². The minimum absolute atomic E-state index is 0.00645. The maximum Gasteiger partial charge on any atom is 0.269 e. The summed E-state index contributed by atoms with van der Waals surface area (Å²) in [6.07, 6.45) is 0.607. The molecule has 0 fully saturated rings. The van der Waals surface area contributed by atoms with Crippen molar-refractivity contribution >= 4 is 34.6 Å². The molecule has 1 atom stereocenters. The molecule has 6 nitrogen and oxygen atoms in total. The molecule has 1 heterocycles. The van der Waals surface area contributed by atoms with Gasteiger partial charge in [-0.05, 0) is 43.2 Å². The van der Waals surface area contributed by atoms with E-state index >= 15 is 0 Å². The van der Waals surface area contributed by atoms with Crippen LogP contribution in [0.25, 0.3) is 0 Å². The summed E-state index contributed by atoms with van der Waals surface area (Å²) in [7, 11) is 0. The summed E-state index contributed by atoms with van der Waals surface area (Å²) in [6.45, 7) is 1.94. The molecule has 0 saturated carbocycles. The second kappa shape index (κ2) is 6.68. The number of nitro groups is 1. The molecule has 3 rings (SSSR count). The number of halogens is 2. The van der Waals surface area contributed by atoms with Crippen molar-refractivity contribution in [3.05, 3.63) is 62.9 Å². The predicted octanol–water partition coefficient (Wildman–Crippen LogP) is 3.78. The fraction of sp³-hybridized carbons (Fsp3) is 0.235. The van der Waals surface area contributed by atoms with Crippen molar-refractivity contribution in [2.45, 2.75) is 19.4 Å². The van der Waals surface area contributed by atoms with Crippen LogP contribution >= 0.6 is 11.6 Å². The lowest BCUT2D eigenvalue weighted by Gasteiger charge is -2.24. The van der Waals surface area contributed by atoms with Crippen molar-refractivity contribution in [2.24, 2.45) is 0 Å². The normalized spacial score (nSPS) is 15.8. The average Bonchev–Trinajstić information content (AvgIpc) is 2.86. The number of amides is 1. The van der Waals surface area contributed by atoms with Gasteiger partial charge in [-0.15, -0.1) is 0 Å². The van der Waals surface area contributed by atoms with Crippen molar-refractivity contribution in [3.8, 4) is 0 Å². The first kappa shape index (κ1) is 17.2. The first-order valence-electron chi connectivity index (χ1n) is 7.64.